The van der Waals surface area contributed by atoms with Crippen LogP contribution in [0.25, 0.3) is 0 Å². The molecule has 7 N–H and O–H groups in total. The van der Waals surface area contributed by atoms with Crippen LogP contribution >= 0.6 is 0 Å². The molecule has 2 rings (SSSR count). The number of ether oxygens (including phenoxy) is 1. The molecule has 6 heteroatoms. The molecule has 0 aromatic carbocycles. The van der Waals surface area contributed by atoms with Gasteiger partial charge < -0.3 is 27.3 Å². The van der Waals surface area contributed by atoms with Gasteiger partial charge >= 0.3 is 0 Å². The number of hydrogen-bond acceptors (Lipinski definition) is 6. The number of aliphatic imine (C=N–C) groups is 1. The van der Waals surface area contributed by atoms with Crippen molar-refractivity contribution in [3.8, 4) is 0 Å². The van der Waals surface area contributed by atoms with Gasteiger partial charge in [-0.05, 0) is 19.4 Å². The molecule has 1 unspecified atom stereocenters. The zero-order chi connectivity index (χ0) is 13.2. The number of hydrogen-bond donors (Lipinski definition) is 4. The van der Waals surface area contributed by atoms with Crippen LogP contribution in [0.15, 0.2) is 16.4 Å². The number of nitrogens with two attached hydrogens (primary N) is 3. The van der Waals surface area contributed by atoms with Crippen molar-refractivity contribution >= 4 is 5.96 Å². The van der Waals surface area contributed by atoms with Crippen molar-refractivity contribution in [3.05, 3.63) is 11.5 Å². The Morgan fingerprint density at radius 1 is 1.44 bits per heavy atom. The van der Waals surface area contributed by atoms with Gasteiger partial charge in [0.25, 0.3) is 0 Å². The van der Waals surface area contributed by atoms with Gasteiger partial charge in [-0.3, -0.25) is 0 Å². The van der Waals surface area contributed by atoms with Crippen molar-refractivity contribution in [3.63, 3.8) is 0 Å². The molecule has 1 aliphatic carbocycles. The first kappa shape index (κ1) is 13.2. The minimum atomic E-state index is -0.920. The van der Waals surface area contributed by atoms with Crippen LogP contribution in [-0.4, -0.2) is 25.3 Å². The molecule has 6 nitrogen and oxygen atoms in total. The van der Waals surface area contributed by atoms with Crippen LogP contribution < -0.4 is 22.5 Å². The van der Waals surface area contributed by atoms with E-state index in [1.165, 1.54) is 12.8 Å². The second kappa shape index (κ2) is 5.16. The topological polar surface area (TPSA) is 112 Å². The van der Waals surface area contributed by atoms with Crippen LogP contribution in [0, 0.1) is 5.92 Å². The first-order chi connectivity index (χ1) is 8.60. The summed E-state index contributed by atoms with van der Waals surface area (Å²) in [4.78, 5) is 4.28. The van der Waals surface area contributed by atoms with Crippen molar-refractivity contribution in [1.82, 2.24) is 5.32 Å². The molecule has 2 aliphatic rings. The first-order valence-electron chi connectivity index (χ1n) is 6.50. The molecule has 1 saturated carbocycles. The molecular weight excluding hydrogens is 230 g/mol. The van der Waals surface area contributed by atoms with Crippen LogP contribution in [-0.2, 0) is 4.74 Å². The van der Waals surface area contributed by atoms with Crippen molar-refractivity contribution < 1.29 is 4.74 Å². The van der Waals surface area contributed by atoms with E-state index in [4.69, 9.17) is 21.9 Å². The molecular formula is C12H23N5O. The Balaban J connectivity index is 2.35. The van der Waals surface area contributed by atoms with E-state index in [2.05, 4.69) is 10.3 Å². The number of allylic oxidation sites excluding steroid dienone is 1. The highest BCUT2D eigenvalue weighted by molar-refractivity contribution is 5.82. The number of rotatable bonds is 4. The Morgan fingerprint density at radius 3 is 2.67 bits per heavy atom. The predicted octanol–water partition coefficient (Wildman–Crippen LogP) is -0.0437. The van der Waals surface area contributed by atoms with E-state index in [1.807, 2.05) is 0 Å². The summed E-state index contributed by atoms with van der Waals surface area (Å²) in [5.74, 6) is 1.48. The number of nitrogens with one attached hydrogen (secondary N) is 1. The monoisotopic (exact) mass is 253 g/mol. The van der Waals surface area contributed by atoms with Gasteiger partial charge in [-0.1, -0.05) is 12.8 Å². The van der Waals surface area contributed by atoms with E-state index < -0.39 is 5.66 Å². The third-order valence-corrected chi connectivity index (χ3v) is 3.71. The molecule has 0 saturated heterocycles. The fourth-order valence-electron chi connectivity index (χ4n) is 2.90. The lowest BCUT2D eigenvalue weighted by molar-refractivity contribution is 0.202. The maximum atomic E-state index is 6.30. The summed E-state index contributed by atoms with van der Waals surface area (Å²) in [7, 11) is 1.63. The predicted molar refractivity (Wildman–Crippen MR) is 71.3 cm³/mol. The standard InChI is InChI=1S/C12H23N5O/c1-18-10-9(8-4-2-3-5-8)16-11(14)17-12(10,15)6-7-13/h8H,2-7,13,15H2,1H3,(H3,14,16,17). The smallest absolute Gasteiger partial charge is 0.195 e. The van der Waals surface area contributed by atoms with Gasteiger partial charge in [-0.2, -0.15) is 0 Å². The summed E-state index contributed by atoms with van der Waals surface area (Å²) in [5, 5.41) is 3.13. The van der Waals surface area contributed by atoms with Gasteiger partial charge in [0, 0.05) is 12.3 Å². The molecule has 1 aliphatic heterocycles. The number of methoxy groups -OCH3 is 1. The lowest BCUT2D eigenvalue weighted by Gasteiger charge is -2.35. The largest absolute Gasteiger partial charge is 0.495 e. The van der Waals surface area contributed by atoms with E-state index in [9.17, 15) is 0 Å². The molecule has 1 atom stereocenters. The Bertz CT molecular complexity index is 373. The Morgan fingerprint density at radius 2 is 2.11 bits per heavy atom. The summed E-state index contributed by atoms with van der Waals surface area (Å²) in [6, 6.07) is 0. The third kappa shape index (κ3) is 2.30. The van der Waals surface area contributed by atoms with E-state index in [1.54, 1.807) is 7.11 Å². The van der Waals surface area contributed by atoms with E-state index in [-0.39, 0.29) is 0 Å². The van der Waals surface area contributed by atoms with Crippen molar-refractivity contribution in [1.29, 1.82) is 0 Å². The molecule has 0 aromatic heterocycles. The van der Waals surface area contributed by atoms with E-state index in [0.717, 1.165) is 18.5 Å². The average Bonchev–Trinajstić information content (AvgIpc) is 2.81. The van der Waals surface area contributed by atoms with Crippen LogP contribution in [0.4, 0.5) is 0 Å². The van der Waals surface area contributed by atoms with Gasteiger partial charge in [0.15, 0.2) is 17.4 Å². The van der Waals surface area contributed by atoms with Gasteiger partial charge in [-0.25, -0.2) is 4.99 Å². The van der Waals surface area contributed by atoms with Gasteiger partial charge in [0.2, 0.25) is 0 Å². The summed E-state index contributed by atoms with van der Waals surface area (Å²) in [6.07, 6.45) is 5.27. The van der Waals surface area contributed by atoms with Gasteiger partial charge in [-0.15, -0.1) is 0 Å². The van der Waals surface area contributed by atoms with E-state index >= 15 is 0 Å². The quantitative estimate of drug-likeness (QED) is 0.561. The summed E-state index contributed by atoms with van der Waals surface area (Å²) in [5.41, 5.74) is 17.8. The van der Waals surface area contributed by atoms with E-state index in [0.29, 0.717) is 30.6 Å². The fraction of sp³-hybridized carbons (Fsp3) is 0.750. The normalized spacial score (nSPS) is 29.2. The van der Waals surface area contributed by atoms with Crippen molar-refractivity contribution in [2.24, 2.45) is 28.1 Å². The molecule has 18 heavy (non-hydrogen) atoms. The zero-order valence-corrected chi connectivity index (χ0v) is 10.9. The highest BCUT2D eigenvalue weighted by Gasteiger charge is 2.39. The second-order valence-corrected chi connectivity index (χ2v) is 5.01. The molecule has 0 spiro atoms. The lowest BCUT2D eigenvalue weighted by Crippen LogP contribution is -2.52. The lowest BCUT2D eigenvalue weighted by atomic mass is 9.94. The molecule has 0 bridgehead atoms. The van der Waals surface area contributed by atoms with Gasteiger partial charge in [0.1, 0.15) is 0 Å². The van der Waals surface area contributed by atoms with Crippen molar-refractivity contribution in [2.45, 2.75) is 37.8 Å². The molecule has 1 heterocycles. The highest BCUT2D eigenvalue weighted by Crippen LogP contribution is 2.36. The van der Waals surface area contributed by atoms with Crippen LogP contribution in [0.5, 0.6) is 0 Å². The minimum Gasteiger partial charge on any atom is -0.495 e. The van der Waals surface area contributed by atoms with Gasteiger partial charge in [0.05, 0.1) is 12.8 Å². The van der Waals surface area contributed by atoms with Crippen molar-refractivity contribution in [2.75, 3.05) is 13.7 Å². The van der Waals surface area contributed by atoms with Crippen LogP contribution in [0.3, 0.4) is 0 Å². The fourth-order valence-corrected chi connectivity index (χ4v) is 2.90. The van der Waals surface area contributed by atoms with Crippen LogP contribution in [0.2, 0.25) is 0 Å². The number of nitrogens with zero attached hydrogens (tertiary/aromatic N) is 1. The Kier molecular flexibility index (Phi) is 3.77. The Hall–Kier alpha value is -1.27. The highest BCUT2D eigenvalue weighted by atomic mass is 16.5. The molecule has 0 radical (unpaired) electrons. The summed E-state index contributed by atoms with van der Waals surface area (Å²) < 4.78 is 5.51. The summed E-state index contributed by atoms with van der Waals surface area (Å²) >= 11 is 0. The molecule has 0 amide bonds. The summed E-state index contributed by atoms with van der Waals surface area (Å²) in [6.45, 7) is 0.443. The number of guanidine groups is 1. The average molecular weight is 253 g/mol. The molecule has 1 fully saturated rings. The minimum absolute atomic E-state index is 0.355. The second-order valence-electron chi connectivity index (χ2n) is 5.01. The third-order valence-electron chi connectivity index (χ3n) is 3.71. The molecule has 102 valence electrons. The molecule has 0 aromatic rings. The Labute approximate surface area is 108 Å². The first-order valence-corrected chi connectivity index (χ1v) is 6.50. The van der Waals surface area contributed by atoms with Crippen LogP contribution in [0.1, 0.15) is 32.1 Å². The zero-order valence-electron chi connectivity index (χ0n) is 10.9. The maximum Gasteiger partial charge on any atom is 0.195 e. The maximum absolute atomic E-state index is 6.30. The SMILES string of the molecule is COC1=C(C2CCCC2)NC(N)=NC1(N)CCN.